The predicted octanol–water partition coefficient (Wildman–Crippen LogP) is 4.76. The molecule has 0 saturated carbocycles. The van der Waals surface area contributed by atoms with Crippen molar-refractivity contribution in [2.24, 2.45) is 0 Å². The first-order valence-corrected chi connectivity index (χ1v) is 11.6. The zero-order chi connectivity index (χ0) is 23.8. The molecule has 34 heavy (non-hydrogen) atoms. The highest BCUT2D eigenvalue weighted by atomic mass is 32.1. The molecular formula is C24H20N6O2S2. The van der Waals surface area contributed by atoms with E-state index in [1.165, 1.54) is 11.3 Å². The number of aryl methyl sites for hydroxylation is 1. The summed E-state index contributed by atoms with van der Waals surface area (Å²) < 4.78 is 7.17. The summed E-state index contributed by atoms with van der Waals surface area (Å²) in [6.45, 7) is 3.84. The van der Waals surface area contributed by atoms with E-state index in [-0.39, 0.29) is 11.0 Å². The molecule has 0 fully saturated rings. The van der Waals surface area contributed by atoms with E-state index in [1.54, 1.807) is 17.7 Å². The van der Waals surface area contributed by atoms with Gasteiger partial charge in [0.25, 0.3) is 5.91 Å². The van der Waals surface area contributed by atoms with Crippen molar-refractivity contribution in [3.05, 3.63) is 71.5 Å². The Morgan fingerprint density at radius 2 is 1.82 bits per heavy atom. The van der Waals surface area contributed by atoms with Gasteiger partial charge in [0.1, 0.15) is 10.8 Å². The molecule has 0 spiro atoms. The molecule has 0 aliphatic heterocycles. The highest BCUT2D eigenvalue weighted by Crippen LogP contribution is 2.32. The number of thiocarbonyl (C=S) groups is 1. The molecule has 5 rings (SSSR count). The maximum atomic E-state index is 13.0. The summed E-state index contributed by atoms with van der Waals surface area (Å²) in [5, 5.41) is 21.6. The Kier molecular flexibility index (Phi) is 5.68. The maximum absolute atomic E-state index is 13.0. The molecule has 5 aromatic rings. The van der Waals surface area contributed by atoms with E-state index in [4.69, 9.17) is 17.0 Å². The molecule has 8 nitrogen and oxygen atoms in total. The Labute approximate surface area is 204 Å². The first-order chi connectivity index (χ1) is 16.4. The normalized spacial score (nSPS) is 11.0. The number of anilines is 1. The summed E-state index contributed by atoms with van der Waals surface area (Å²) in [6.07, 6.45) is 0. The van der Waals surface area contributed by atoms with Crippen LogP contribution in [0, 0.1) is 13.8 Å². The Morgan fingerprint density at radius 3 is 2.56 bits per heavy atom. The molecule has 0 aliphatic carbocycles. The number of benzene rings is 3. The molecule has 10 heteroatoms. The van der Waals surface area contributed by atoms with Crippen LogP contribution in [0.15, 0.2) is 54.6 Å². The number of fused-ring (bicyclic) bond motifs is 2. The number of carbonyl (C=O) groups is 1. The number of methoxy groups -OCH3 is 1. The van der Waals surface area contributed by atoms with E-state index in [1.807, 2.05) is 62.4 Å². The number of ether oxygens (including phenoxy) is 1. The van der Waals surface area contributed by atoms with Crippen LogP contribution in [0.4, 0.5) is 5.69 Å². The summed E-state index contributed by atoms with van der Waals surface area (Å²) in [4.78, 5) is 13.7. The minimum absolute atomic E-state index is 0.189. The fraction of sp³-hybridized carbons (Fsp3) is 0.125. The predicted molar refractivity (Wildman–Crippen MR) is 138 cm³/mol. The Hall–Kier alpha value is -3.89. The molecule has 170 valence electrons. The summed E-state index contributed by atoms with van der Waals surface area (Å²) in [5.74, 6) is 0.867. The topological polar surface area (TPSA) is 93.4 Å². The second-order valence-corrected chi connectivity index (χ2v) is 9.00. The first-order valence-electron chi connectivity index (χ1n) is 10.4. The Balaban J connectivity index is 1.37. The fourth-order valence-electron chi connectivity index (χ4n) is 3.72. The lowest BCUT2D eigenvalue weighted by molar-refractivity contribution is 0.0975. The van der Waals surface area contributed by atoms with Gasteiger partial charge < -0.3 is 10.1 Å². The van der Waals surface area contributed by atoms with Crippen molar-refractivity contribution < 1.29 is 9.53 Å². The quantitative estimate of drug-likeness (QED) is 0.352. The fourth-order valence-corrected chi connectivity index (χ4v) is 4.89. The van der Waals surface area contributed by atoms with Gasteiger partial charge in [-0.3, -0.25) is 10.1 Å². The van der Waals surface area contributed by atoms with Crippen molar-refractivity contribution in [2.45, 2.75) is 13.8 Å². The number of aromatic nitrogens is 4. The lowest BCUT2D eigenvalue weighted by Gasteiger charge is -2.15. The molecule has 3 aromatic carbocycles. The molecule has 2 N–H and O–H groups in total. The standard InChI is InChI=1S/C24H20N6O2S2/c1-13-17(22-29-30-14(2)27-28-24(30)34-22)9-6-10-19(13)25-23(33)26-21(31)18-11-15-7-4-5-8-16(15)12-20(18)32-3/h4-12H,1-3H3,(H2,25,26,31,33). The van der Waals surface area contributed by atoms with Crippen LogP contribution in [-0.4, -0.2) is 37.9 Å². The molecule has 0 radical (unpaired) electrons. The number of hydrogen-bond acceptors (Lipinski definition) is 7. The third-order valence-corrected chi connectivity index (χ3v) is 6.63. The lowest BCUT2D eigenvalue weighted by Crippen LogP contribution is -2.34. The van der Waals surface area contributed by atoms with Crippen LogP contribution in [-0.2, 0) is 0 Å². The minimum Gasteiger partial charge on any atom is -0.496 e. The van der Waals surface area contributed by atoms with E-state index in [0.29, 0.717) is 11.3 Å². The number of nitrogens with zero attached hydrogens (tertiary/aromatic N) is 4. The highest BCUT2D eigenvalue weighted by Gasteiger charge is 2.17. The van der Waals surface area contributed by atoms with Gasteiger partial charge in [0.05, 0.1) is 12.7 Å². The van der Waals surface area contributed by atoms with Gasteiger partial charge >= 0.3 is 0 Å². The third kappa shape index (κ3) is 3.97. The molecule has 0 saturated heterocycles. The molecule has 0 aliphatic rings. The second kappa shape index (κ2) is 8.81. The van der Waals surface area contributed by atoms with Crippen molar-refractivity contribution in [1.82, 2.24) is 25.1 Å². The van der Waals surface area contributed by atoms with Crippen molar-refractivity contribution in [3.8, 4) is 16.3 Å². The smallest absolute Gasteiger partial charge is 0.261 e. The van der Waals surface area contributed by atoms with Crippen LogP contribution in [0.5, 0.6) is 5.75 Å². The average molecular weight is 489 g/mol. The Bertz CT molecular complexity index is 1570. The van der Waals surface area contributed by atoms with E-state index in [9.17, 15) is 4.79 Å². The molecule has 1 amide bonds. The van der Waals surface area contributed by atoms with Gasteiger partial charge in [-0.2, -0.15) is 9.61 Å². The van der Waals surface area contributed by atoms with Gasteiger partial charge in [-0.25, -0.2) is 0 Å². The number of rotatable bonds is 4. The van der Waals surface area contributed by atoms with Crippen molar-refractivity contribution >= 4 is 56.0 Å². The van der Waals surface area contributed by atoms with Gasteiger partial charge in [0.2, 0.25) is 4.96 Å². The Morgan fingerprint density at radius 1 is 1.06 bits per heavy atom. The third-order valence-electron chi connectivity index (χ3n) is 5.50. The van der Waals surface area contributed by atoms with Gasteiger partial charge in [-0.1, -0.05) is 47.7 Å². The number of amides is 1. The molecule has 0 atom stereocenters. The van der Waals surface area contributed by atoms with Crippen molar-refractivity contribution in [2.75, 3.05) is 12.4 Å². The van der Waals surface area contributed by atoms with Gasteiger partial charge in [0, 0.05) is 11.3 Å². The minimum atomic E-state index is -0.349. The largest absolute Gasteiger partial charge is 0.496 e. The van der Waals surface area contributed by atoms with Gasteiger partial charge in [-0.15, -0.1) is 10.2 Å². The van der Waals surface area contributed by atoms with Crippen LogP contribution in [0.1, 0.15) is 21.7 Å². The number of nitrogens with one attached hydrogen (secondary N) is 2. The summed E-state index contributed by atoms with van der Waals surface area (Å²) in [6, 6.07) is 17.2. The maximum Gasteiger partial charge on any atom is 0.261 e. The monoisotopic (exact) mass is 488 g/mol. The summed E-state index contributed by atoms with van der Waals surface area (Å²) in [5.41, 5.74) is 3.08. The van der Waals surface area contributed by atoms with E-state index < -0.39 is 0 Å². The van der Waals surface area contributed by atoms with E-state index in [2.05, 4.69) is 25.9 Å². The molecule has 0 unspecified atom stereocenters. The number of carbonyl (C=O) groups excluding carboxylic acids is 1. The highest BCUT2D eigenvalue weighted by molar-refractivity contribution is 7.80. The van der Waals surface area contributed by atoms with Crippen LogP contribution in [0.25, 0.3) is 26.3 Å². The summed E-state index contributed by atoms with van der Waals surface area (Å²) >= 11 is 6.90. The summed E-state index contributed by atoms with van der Waals surface area (Å²) in [7, 11) is 1.54. The van der Waals surface area contributed by atoms with Crippen molar-refractivity contribution in [1.29, 1.82) is 0 Å². The average Bonchev–Trinajstić information content (AvgIpc) is 3.41. The van der Waals surface area contributed by atoms with Crippen LogP contribution >= 0.6 is 23.6 Å². The second-order valence-electron chi connectivity index (χ2n) is 7.63. The van der Waals surface area contributed by atoms with Crippen LogP contribution in [0.3, 0.4) is 0 Å². The number of hydrogen-bond donors (Lipinski definition) is 2. The van der Waals surface area contributed by atoms with Crippen molar-refractivity contribution in [3.63, 3.8) is 0 Å². The van der Waals surface area contributed by atoms with Gasteiger partial charge in [0.15, 0.2) is 10.9 Å². The molecule has 2 heterocycles. The molecular weight excluding hydrogens is 468 g/mol. The van der Waals surface area contributed by atoms with Gasteiger partial charge in [-0.05, 0) is 60.6 Å². The SMILES string of the molecule is COc1cc2ccccc2cc1C(=O)NC(=S)Nc1cccc(-c2nn3c(C)nnc3s2)c1C. The molecule has 0 bridgehead atoms. The lowest BCUT2D eigenvalue weighted by atomic mass is 10.1. The first kappa shape index (κ1) is 21.9. The van der Waals surface area contributed by atoms with E-state index >= 15 is 0 Å². The van der Waals surface area contributed by atoms with Crippen LogP contribution < -0.4 is 15.4 Å². The molecule has 2 aromatic heterocycles. The van der Waals surface area contributed by atoms with E-state index in [0.717, 1.165) is 43.4 Å². The van der Waals surface area contributed by atoms with Crippen LogP contribution in [0.2, 0.25) is 0 Å². The zero-order valence-corrected chi connectivity index (χ0v) is 20.3. The zero-order valence-electron chi connectivity index (χ0n) is 18.6.